The lowest BCUT2D eigenvalue weighted by Crippen LogP contribution is -2.20. The second-order valence-corrected chi connectivity index (χ2v) is 7.78. The van der Waals surface area contributed by atoms with Gasteiger partial charge in [-0.1, -0.05) is 18.2 Å². The summed E-state index contributed by atoms with van der Waals surface area (Å²) in [4.78, 5) is 30.7. The summed E-state index contributed by atoms with van der Waals surface area (Å²) in [5.74, 6) is 0.373. The van der Waals surface area contributed by atoms with Crippen LogP contribution in [0.4, 0.5) is 5.69 Å². The van der Waals surface area contributed by atoms with Crippen molar-refractivity contribution in [1.82, 2.24) is 9.38 Å². The Bertz CT molecular complexity index is 1550. The molecule has 8 heteroatoms. The van der Waals surface area contributed by atoms with Crippen molar-refractivity contribution in [3.8, 4) is 23.4 Å². The predicted octanol–water partition coefficient (Wildman–Crippen LogP) is 4.66. The first-order chi connectivity index (χ1) is 16.9. The molecule has 0 aliphatic carbocycles. The number of anilines is 1. The largest absolute Gasteiger partial charge is 0.497 e. The van der Waals surface area contributed by atoms with Crippen LogP contribution in [-0.2, 0) is 4.79 Å². The SMILES string of the molecule is COc1ccc(Oc2nc3ccccn3c(=O)c2/C=C(/C#N)C(=O)Nc2cc(C)ccc2C)cc1. The molecule has 0 bridgehead atoms. The van der Waals surface area contributed by atoms with Crippen LogP contribution in [0.15, 0.2) is 77.2 Å². The first kappa shape index (κ1) is 23.3. The molecule has 0 aliphatic rings. The van der Waals surface area contributed by atoms with Gasteiger partial charge in [-0.05, 0) is 73.5 Å². The highest BCUT2D eigenvalue weighted by Crippen LogP contribution is 2.26. The number of aryl methyl sites for hydroxylation is 2. The Morgan fingerprint density at radius 1 is 1.09 bits per heavy atom. The number of fused-ring (bicyclic) bond motifs is 1. The van der Waals surface area contributed by atoms with Gasteiger partial charge in [-0.3, -0.25) is 14.0 Å². The normalized spacial score (nSPS) is 11.1. The van der Waals surface area contributed by atoms with E-state index in [9.17, 15) is 14.9 Å². The van der Waals surface area contributed by atoms with Crippen LogP contribution < -0.4 is 20.3 Å². The molecule has 0 aliphatic heterocycles. The number of aromatic nitrogens is 2. The highest BCUT2D eigenvalue weighted by Gasteiger charge is 2.18. The van der Waals surface area contributed by atoms with Gasteiger partial charge < -0.3 is 14.8 Å². The van der Waals surface area contributed by atoms with Gasteiger partial charge >= 0.3 is 0 Å². The number of hydrogen-bond acceptors (Lipinski definition) is 6. The number of carbonyl (C=O) groups is 1. The minimum Gasteiger partial charge on any atom is -0.497 e. The van der Waals surface area contributed by atoms with Crippen molar-refractivity contribution in [3.05, 3.63) is 99.5 Å². The Hall–Kier alpha value is -4.90. The van der Waals surface area contributed by atoms with Crippen molar-refractivity contribution < 1.29 is 14.3 Å². The average Bonchev–Trinajstić information content (AvgIpc) is 2.86. The van der Waals surface area contributed by atoms with Gasteiger partial charge in [-0.25, -0.2) is 0 Å². The van der Waals surface area contributed by atoms with Gasteiger partial charge in [0.1, 0.15) is 34.4 Å². The lowest BCUT2D eigenvalue weighted by Gasteiger charge is -2.11. The molecular formula is C27H22N4O4. The maximum absolute atomic E-state index is 13.3. The second kappa shape index (κ2) is 9.93. The Morgan fingerprint density at radius 3 is 2.54 bits per heavy atom. The molecule has 35 heavy (non-hydrogen) atoms. The van der Waals surface area contributed by atoms with E-state index in [1.165, 1.54) is 10.5 Å². The Kier molecular flexibility index (Phi) is 6.60. The third-order valence-corrected chi connectivity index (χ3v) is 5.30. The quantitative estimate of drug-likeness (QED) is 0.327. The van der Waals surface area contributed by atoms with Crippen molar-refractivity contribution in [1.29, 1.82) is 5.26 Å². The van der Waals surface area contributed by atoms with Gasteiger partial charge in [-0.2, -0.15) is 10.2 Å². The fourth-order valence-electron chi connectivity index (χ4n) is 3.39. The topological polar surface area (TPSA) is 106 Å². The van der Waals surface area contributed by atoms with Gasteiger partial charge in [0.25, 0.3) is 11.5 Å². The van der Waals surface area contributed by atoms with Gasteiger partial charge in [0, 0.05) is 11.9 Å². The molecule has 0 unspecified atom stereocenters. The van der Waals surface area contributed by atoms with E-state index < -0.39 is 11.5 Å². The summed E-state index contributed by atoms with van der Waals surface area (Å²) in [5, 5.41) is 12.5. The second-order valence-electron chi connectivity index (χ2n) is 7.78. The lowest BCUT2D eigenvalue weighted by molar-refractivity contribution is -0.112. The number of benzene rings is 2. The van der Waals surface area contributed by atoms with Crippen molar-refractivity contribution >= 4 is 23.3 Å². The van der Waals surface area contributed by atoms with E-state index in [0.717, 1.165) is 11.1 Å². The zero-order valence-corrected chi connectivity index (χ0v) is 19.4. The number of amides is 1. The molecule has 0 atom stereocenters. The Morgan fingerprint density at radius 2 is 1.83 bits per heavy atom. The molecule has 0 radical (unpaired) electrons. The van der Waals surface area contributed by atoms with Gasteiger partial charge in [0.2, 0.25) is 5.88 Å². The maximum Gasteiger partial charge on any atom is 0.269 e. The molecule has 0 spiro atoms. The van der Waals surface area contributed by atoms with Crippen LogP contribution in [-0.4, -0.2) is 22.4 Å². The minimum atomic E-state index is -0.644. The van der Waals surface area contributed by atoms with Crippen LogP contribution in [0.25, 0.3) is 11.7 Å². The molecule has 0 fully saturated rings. The van der Waals surface area contributed by atoms with E-state index in [2.05, 4.69) is 10.3 Å². The van der Waals surface area contributed by atoms with Crippen molar-refractivity contribution in [2.24, 2.45) is 0 Å². The zero-order valence-electron chi connectivity index (χ0n) is 19.4. The standard InChI is InChI=1S/C27H22N4O4/c1-17-7-8-18(2)23(14-17)29-25(32)19(16-28)15-22-26(35-21-11-9-20(34-3)10-12-21)30-24-6-4-5-13-31(24)27(22)33/h4-15H,1-3H3,(H,29,32)/b19-15-. The first-order valence-corrected chi connectivity index (χ1v) is 10.7. The van der Waals surface area contributed by atoms with Crippen molar-refractivity contribution in [2.75, 3.05) is 12.4 Å². The number of rotatable bonds is 6. The molecule has 1 N–H and O–H groups in total. The number of nitrogens with one attached hydrogen (secondary N) is 1. The molecule has 0 saturated carbocycles. The molecule has 1 amide bonds. The number of pyridine rings is 1. The minimum absolute atomic E-state index is 0.0290. The van der Waals surface area contributed by atoms with Crippen LogP contribution in [0.2, 0.25) is 0 Å². The summed E-state index contributed by atoms with van der Waals surface area (Å²) in [6.45, 7) is 3.76. The molecule has 174 valence electrons. The van der Waals surface area contributed by atoms with Crippen LogP contribution in [0.5, 0.6) is 17.4 Å². The van der Waals surface area contributed by atoms with Gasteiger partial charge in [-0.15, -0.1) is 0 Å². The molecular weight excluding hydrogens is 444 g/mol. The number of ether oxygens (including phenoxy) is 2. The van der Waals surface area contributed by atoms with E-state index in [1.807, 2.05) is 38.1 Å². The summed E-state index contributed by atoms with van der Waals surface area (Å²) in [5.41, 5.74) is 1.97. The monoisotopic (exact) mass is 466 g/mol. The average molecular weight is 466 g/mol. The highest BCUT2D eigenvalue weighted by atomic mass is 16.5. The van der Waals surface area contributed by atoms with Crippen LogP contribution in [0.1, 0.15) is 16.7 Å². The molecule has 2 heterocycles. The molecule has 2 aromatic carbocycles. The first-order valence-electron chi connectivity index (χ1n) is 10.7. The van der Waals surface area contributed by atoms with Gasteiger partial charge in [0.15, 0.2) is 0 Å². The third-order valence-electron chi connectivity index (χ3n) is 5.30. The van der Waals surface area contributed by atoms with E-state index in [-0.39, 0.29) is 17.0 Å². The third kappa shape index (κ3) is 5.04. The predicted molar refractivity (Wildman–Crippen MR) is 133 cm³/mol. The number of nitrogens with zero attached hydrogens (tertiary/aromatic N) is 3. The zero-order chi connectivity index (χ0) is 24.9. The van der Waals surface area contributed by atoms with E-state index >= 15 is 0 Å². The van der Waals surface area contributed by atoms with E-state index in [4.69, 9.17) is 9.47 Å². The number of nitriles is 1. The van der Waals surface area contributed by atoms with Gasteiger partial charge in [0.05, 0.1) is 7.11 Å². The van der Waals surface area contributed by atoms with E-state index in [0.29, 0.717) is 22.8 Å². The summed E-state index contributed by atoms with van der Waals surface area (Å²) < 4.78 is 12.4. The van der Waals surface area contributed by atoms with Crippen molar-refractivity contribution in [2.45, 2.75) is 13.8 Å². The molecule has 0 saturated heterocycles. The Labute approximate surface area is 201 Å². The molecule has 2 aromatic heterocycles. The highest BCUT2D eigenvalue weighted by molar-refractivity contribution is 6.10. The molecule has 4 aromatic rings. The van der Waals surface area contributed by atoms with E-state index in [1.54, 1.807) is 55.8 Å². The summed E-state index contributed by atoms with van der Waals surface area (Å²) in [6.07, 6.45) is 2.76. The summed E-state index contributed by atoms with van der Waals surface area (Å²) >= 11 is 0. The number of carbonyl (C=O) groups excluding carboxylic acids is 1. The van der Waals surface area contributed by atoms with Crippen LogP contribution in [0, 0.1) is 25.2 Å². The molecule has 8 nitrogen and oxygen atoms in total. The van der Waals surface area contributed by atoms with Crippen LogP contribution in [0.3, 0.4) is 0 Å². The summed E-state index contributed by atoms with van der Waals surface area (Å²) in [6, 6.07) is 19.3. The Balaban J connectivity index is 1.79. The fourth-order valence-corrected chi connectivity index (χ4v) is 3.39. The fraction of sp³-hybridized carbons (Fsp3) is 0.111. The lowest BCUT2D eigenvalue weighted by atomic mass is 10.1. The molecule has 4 rings (SSSR count). The maximum atomic E-state index is 13.3. The number of methoxy groups -OCH3 is 1. The number of hydrogen-bond donors (Lipinski definition) is 1. The van der Waals surface area contributed by atoms with Crippen LogP contribution >= 0.6 is 0 Å². The van der Waals surface area contributed by atoms with Crippen molar-refractivity contribution in [3.63, 3.8) is 0 Å². The summed E-state index contributed by atoms with van der Waals surface area (Å²) in [7, 11) is 1.55. The smallest absolute Gasteiger partial charge is 0.269 e.